The van der Waals surface area contributed by atoms with Crippen molar-refractivity contribution < 1.29 is 23.8 Å². The van der Waals surface area contributed by atoms with Crippen molar-refractivity contribution in [2.75, 3.05) is 7.11 Å². The Morgan fingerprint density at radius 3 is 2.75 bits per heavy atom. The zero-order valence-electron chi connectivity index (χ0n) is 11.4. The first-order valence-corrected chi connectivity index (χ1v) is 6.13. The van der Waals surface area contributed by atoms with E-state index in [1.807, 2.05) is 24.3 Å². The van der Waals surface area contributed by atoms with Crippen LogP contribution in [0.25, 0.3) is 0 Å². The second-order valence-electron chi connectivity index (χ2n) is 4.40. The van der Waals surface area contributed by atoms with Gasteiger partial charge in [-0.05, 0) is 30.7 Å². The molecule has 0 amide bonds. The van der Waals surface area contributed by atoms with Gasteiger partial charge in [-0.3, -0.25) is 0 Å². The van der Waals surface area contributed by atoms with Crippen LogP contribution in [0.15, 0.2) is 34.7 Å². The Bertz CT molecular complexity index is 600. The number of carbonyl (C=O) groups is 1. The number of furan rings is 1. The van der Waals surface area contributed by atoms with Crippen molar-refractivity contribution in [3.63, 3.8) is 0 Å². The normalized spacial score (nSPS) is 10.5. The van der Waals surface area contributed by atoms with Crippen molar-refractivity contribution in [3.8, 4) is 5.75 Å². The van der Waals surface area contributed by atoms with E-state index in [1.165, 1.54) is 0 Å². The molecule has 20 heavy (non-hydrogen) atoms. The summed E-state index contributed by atoms with van der Waals surface area (Å²) in [6.45, 7) is 2.39. The smallest absolute Gasteiger partial charge is 0.372 e. The van der Waals surface area contributed by atoms with Crippen molar-refractivity contribution in [2.24, 2.45) is 0 Å². The molecule has 0 saturated heterocycles. The van der Waals surface area contributed by atoms with Gasteiger partial charge in [-0.15, -0.1) is 0 Å². The lowest BCUT2D eigenvalue weighted by Crippen LogP contribution is -1.96. The van der Waals surface area contributed by atoms with Gasteiger partial charge in [0.2, 0.25) is 5.76 Å². The third kappa shape index (κ3) is 3.39. The van der Waals surface area contributed by atoms with E-state index in [1.54, 1.807) is 20.1 Å². The molecule has 1 aromatic heterocycles. The average molecular weight is 276 g/mol. The standard InChI is InChI=1S/C15H16O5/c1-10-6-13(20-14(10)15(16)17)9-19-12-5-3-4-11(7-12)8-18-2/h3-7H,8-9H2,1-2H3,(H,16,17). The molecule has 1 aromatic carbocycles. The largest absolute Gasteiger partial charge is 0.486 e. The summed E-state index contributed by atoms with van der Waals surface area (Å²) in [6, 6.07) is 9.18. The van der Waals surface area contributed by atoms with Crippen LogP contribution in [0.4, 0.5) is 0 Å². The van der Waals surface area contributed by atoms with Gasteiger partial charge in [0.25, 0.3) is 0 Å². The van der Waals surface area contributed by atoms with Crippen LogP contribution < -0.4 is 4.74 Å². The van der Waals surface area contributed by atoms with Gasteiger partial charge in [-0.2, -0.15) is 0 Å². The molecule has 0 aliphatic carbocycles. The molecule has 0 saturated carbocycles. The third-order valence-corrected chi connectivity index (χ3v) is 2.75. The lowest BCUT2D eigenvalue weighted by atomic mass is 10.2. The third-order valence-electron chi connectivity index (χ3n) is 2.75. The molecule has 2 rings (SSSR count). The molecule has 5 nitrogen and oxygen atoms in total. The first-order valence-electron chi connectivity index (χ1n) is 6.13. The maximum Gasteiger partial charge on any atom is 0.372 e. The fourth-order valence-electron chi connectivity index (χ4n) is 1.88. The van der Waals surface area contributed by atoms with E-state index in [-0.39, 0.29) is 12.4 Å². The second kappa shape index (κ2) is 6.25. The lowest BCUT2D eigenvalue weighted by molar-refractivity contribution is 0.0657. The first kappa shape index (κ1) is 14.1. The van der Waals surface area contributed by atoms with Crippen molar-refractivity contribution in [3.05, 3.63) is 53.0 Å². The maximum absolute atomic E-state index is 10.9. The molecule has 1 heterocycles. The van der Waals surface area contributed by atoms with E-state index in [4.69, 9.17) is 19.0 Å². The fraction of sp³-hybridized carbons (Fsp3) is 0.267. The predicted octanol–water partition coefficient (Wildman–Crippen LogP) is 3.01. The topological polar surface area (TPSA) is 68.9 Å². The monoisotopic (exact) mass is 276 g/mol. The van der Waals surface area contributed by atoms with Gasteiger partial charge in [0, 0.05) is 12.7 Å². The second-order valence-corrected chi connectivity index (χ2v) is 4.40. The zero-order valence-corrected chi connectivity index (χ0v) is 11.4. The van der Waals surface area contributed by atoms with Crippen LogP contribution in [-0.2, 0) is 18.0 Å². The Balaban J connectivity index is 2.03. The van der Waals surface area contributed by atoms with Gasteiger partial charge >= 0.3 is 5.97 Å². The molecular formula is C15H16O5. The summed E-state index contributed by atoms with van der Waals surface area (Å²) in [6.07, 6.45) is 0. The van der Waals surface area contributed by atoms with Crippen LogP contribution >= 0.6 is 0 Å². The number of aryl methyl sites for hydroxylation is 1. The van der Waals surface area contributed by atoms with Gasteiger partial charge in [0.05, 0.1) is 6.61 Å². The Morgan fingerprint density at radius 2 is 2.10 bits per heavy atom. The van der Waals surface area contributed by atoms with Crippen LogP contribution in [-0.4, -0.2) is 18.2 Å². The van der Waals surface area contributed by atoms with Gasteiger partial charge in [0.1, 0.15) is 18.1 Å². The van der Waals surface area contributed by atoms with Crippen molar-refractivity contribution in [2.45, 2.75) is 20.1 Å². The highest BCUT2D eigenvalue weighted by Crippen LogP contribution is 2.19. The summed E-state index contributed by atoms with van der Waals surface area (Å²) in [4.78, 5) is 10.9. The molecule has 0 spiro atoms. The Labute approximate surface area is 116 Å². The van der Waals surface area contributed by atoms with Crippen LogP contribution in [0.1, 0.15) is 27.4 Å². The lowest BCUT2D eigenvalue weighted by Gasteiger charge is -2.06. The Morgan fingerprint density at radius 1 is 1.30 bits per heavy atom. The molecule has 5 heteroatoms. The average Bonchev–Trinajstić information content (AvgIpc) is 2.79. The molecule has 0 unspecified atom stereocenters. The SMILES string of the molecule is COCc1cccc(OCc2cc(C)c(C(=O)O)o2)c1. The Hall–Kier alpha value is -2.27. The van der Waals surface area contributed by atoms with Crippen molar-refractivity contribution in [1.82, 2.24) is 0 Å². The highest BCUT2D eigenvalue weighted by atomic mass is 16.5. The van der Waals surface area contributed by atoms with Crippen LogP contribution in [0.5, 0.6) is 5.75 Å². The minimum Gasteiger partial charge on any atom is -0.486 e. The van der Waals surface area contributed by atoms with Gasteiger partial charge in [0.15, 0.2) is 0 Å². The highest BCUT2D eigenvalue weighted by Gasteiger charge is 2.14. The molecule has 0 aliphatic rings. The predicted molar refractivity (Wildman–Crippen MR) is 71.9 cm³/mol. The molecule has 1 N–H and O–H groups in total. The molecule has 0 aliphatic heterocycles. The van der Waals surface area contributed by atoms with Gasteiger partial charge in [-0.25, -0.2) is 4.79 Å². The number of aromatic carboxylic acids is 1. The molecule has 0 radical (unpaired) electrons. The molecule has 0 atom stereocenters. The highest BCUT2D eigenvalue weighted by molar-refractivity contribution is 5.86. The minimum atomic E-state index is -1.07. The van der Waals surface area contributed by atoms with Gasteiger partial charge < -0.3 is 19.0 Å². The molecule has 106 valence electrons. The number of hydrogen-bond acceptors (Lipinski definition) is 4. The van der Waals surface area contributed by atoms with Gasteiger partial charge in [-0.1, -0.05) is 12.1 Å². The zero-order chi connectivity index (χ0) is 14.5. The number of ether oxygens (including phenoxy) is 2. The molecule has 0 fully saturated rings. The molecule has 2 aromatic rings. The summed E-state index contributed by atoms with van der Waals surface area (Å²) in [5.41, 5.74) is 1.59. The van der Waals surface area contributed by atoms with E-state index < -0.39 is 5.97 Å². The van der Waals surface area contributed by atoms with Crippen LogP contribution in [0.3, 0.4) is 0 Å². The Kier molecular flexibility index (Phi) is 4.42. The van der Waals surface area contributed by atoms with E-state index in [0.29, 0.717) is 23.7 Å². The summed E-state index contributed by atoms with van der Waals surface area (Å²) in [7, 11) is 1.63. The van der Waals surface area contributed by atoms with Crippen molar-refractivity contribution >= 4 is 5.97 Å². The van der Waals surface area contributed by atoms with Crippen molar-refractivity contribution in [1.29, 1.82) is 0 Å². The number of carboxylic acids is 1. The molecular weight excluding hydrogens is 260 g/mol. The van der Waals surface area contributed by atoms with E-state index in [9.17, 15) is 4.79 Å². The van der Waals surface area contributed by atoms with E-state index in [0.717, 1.165) is 5.56 Å². The molecule has 0 bridgehead atoms. The quantitative estimate of drug-likeness (QED) is 0.878. The fourth-order valence-corrected chi connectivity index (χ4v) is 1.88. The minimum absolute atomic E-state index is 0.0447. The van der Waals surface area contributed by atoms with Crippen LogP contribution in [0, 0.1) is 6.92 Å². The number of rotatable bonds is 6. The maximum atomic E-state index is 10.9. The number of hydrogen-bond donors (Lipinski definition) is 1. The number of carboxylic acid groups (broad SMARTS) is 1. The summed E-state index contributed by atoms with van der Waals surface area (Å²) in [5.74, 6) is 0.0510. The van der Waals surface area contributed by atoms with Crippen LogP contribution in [0.2, 0.25) is 0 Å². The van der Waals surface area contributed by atoms with E-state index in [2.05, 4.69) is 0 Å². The van der Waals surface area contributed by atoms with E-state index >= 15 is 0 Å². The number of benzene rings is 1. The summed E-state index contributed by atoms with van der Waals surface area (Å²) < 4.78 is 15.9. The summed E-state index contributed by atoms with van der Waals surface area (Å²) in [5, 5.41) is 8.91. The first-order chi connectivity index (χ1) is 9.60. The summed E-state index contributed by atoms with van der Waals surface area (Å²) >= 11 is 0. The number of methoxy groups -OCH3 is 1.